The Balaban J connectivity index is 2.86. The van der Waals surface area contributed by atoms with E-state index in [1.165, 1.54) is 11.1 Å². The minimum atomic E-state index is 0.693. The van der Waals surface area contributed by atoms with Crippen molar-refractivity contribution in [3.63, 3.8) is 0 Å². The third-order valence-corrected chi connectivity index (χ3v) is 1.92. The van der Waals surface area contributed by atoms with E-state index in [0.29, 0.717) is 13.0 Å². The molecule has 0 aliphatic carbocycles. The number of hydrogen-bond acceptors (Lipinski definition) is 1. The van der Waals surface area contributed by atoms with E-state index in [-0.39, 0.29) is 0 Å². The lowest BCUT2D eigenvalue weighted by Crippen LogP contribution is -1.93. The summed E-state index contributed by atoms with van der Waals surface area (Å²) < 4.78 is 5.37. The van der Waals surface area contributed by atoms with Gasteiger partial charge in [0, 0.05) is 6.42 Å². The highest BCUT2D eigenvalue weighted by Gasteiger charge is 1.98. The molecule has 0 unspecified atom stereocenters. The van der Waals surface area contributed by atoms with Crippen LogP contribution in [0.2, 0.25) is 0 Å². The highest BCUT2D eigenvalue weighted by molar-refractivity contribution is 5.36. The monoisotopic (exact) mass is 174 g/mol. The molecule has 0 bridgehead atoms. The predicted molar refractivity (Wildman–Crippen MR) is 54.9 cm³/mol. The first-order chi connectivity index (χ1) is 6.27. The lowest BCUT2D eigenvalue weighted by molar-refractivity contribution is 0.340. The second kappa shape index (κ2) is 4.57. The standard InChI is InChI=1S/C12H14O/c1-4-6-11-7-8-12(13-5-2)9-10(11)3/h1,7-9H,5-6H2,2-3H3. The first-order valence-electron chi connectivity index (χ1n) is 4.43. The summed E-state index contributed by atoms with van der Waals surface area (Å²) in [5.41, 5.74) is 2.40. The van der Waals surface area contributed by atoms with Crippen molar-refractivity contribution >= 4 is 0 Å². The van der Waals surface area contributed by atoms with Crippen molar-refractivity contribution in [3.05, 3.63) is 29.3 Å². The van der Waals surface area contributed by atoms with Crippen molar-refractivity contribution in [1.29, 1.82) is 0 Å². The molecular formula is C12H14O. The molecule has 1 heteroatoms. The Morgan fingerprint density at radius 3 is 2.77 bits per heavy atom. The zero-order valence-corrected chi connectivity index (χ0v) is 8.13. The first kappa shape index (κ1) is 9.67. The minimum Gasteiger partial charge on any atom is -0.494 e. The zero-order valence-electron chi connectivity index (χ0n) is 8.13. The van der Waals surface area contributed by atoms with Crippen LogP contribution < -0.4 is 4.74 Å². The van der Waals surface area contributed by atoms with E-state index in [1.54, 1.807) is 0 Å². The smallest absolute Gasteiger partial charge is 0.119 e. The molecule has 0 fully saturated rings. The van der Waals surface area contributed by atoms with Crippen LogP contribution in [-0.2, 0) is 6.42 Å². The molecule has 0 aliphatic rings. The molecule has 68 valence electrons. The summed E-state index contributed by atoms with van der Waals surface area (Å²) >= 11 is 0. The van der Waals surface area contributed by atoms with Crippen molar-refractivity contribution in [2.45, 2.75) is 20.3 Å². The summed E-state index contributed by atoms with van der Waals surface area (Å²) in [5, 5.41) is 0. The first-order valence-corrected chi connectivity index (χ1v) is 4.43. The third kappa shape index (κ3) is 2.52. The largest absolute Gasteiger partial charge is 0.494 e. The molecule has 0 heterocycles. The summed E-state index contributed by atoms with van der Waals surface area (Å²) in [5.74, 6) is 3.55. The topological polar surface area (TPSA) is 9.23 Å². The van der Waals surface area contributed by atoms with Gasteiger partial charge in [0.2, 0.25) is 0 Å². The molecule has 0 atom stereocenters. The van der Waals surface area contributed by atoms with Crippen molar-refractivity contribution in [2.24, 2.45) is 0 Å². The highest BCUT2D eigenvalue weighted by atomic mass is 16.5. The third-order valence-electron chi connectivity index (χ3n) is 1.92. The van der Waals surface area contributed by atoms with Gasteiger partial charge < -0.3 is 4.74 Å². The van der Waals surface area contributed by atoms with Gasteiger partial charge in [0.1, 0.15) is 5.75 Å². The van der Waals surface area contributed by atoms with Gasteiger partial charge in [-0.3, -0.25) is 0 Å². The van der Waals surface area contributed by atoms with Crippen molar-refractivity contribution in [1.82, 2.24) is 0 Å². The number of rotatable bonds is 3. The SMILES string of the molecule is C#CCc1ccc(OCC)cc1C. The van der Waals surface area contributed by atoms with Gasteiger partial charge >= 0.3 is 0 Å². The number of hydrogen-bond donors (Lipinski definition) is 0. The van der Waals surface area contributed by atoms with Gasteiger partial charge in [-0.1, -0.05) is 6.07 Å². The molecule has 0 spiro atoms. The highest BCUT2D eigenvalue weighted by Crippen LogP contribution is 2.17. The molecule has 1 aromatic carbocycles. The molecule has 1 nitrogen and oxygen atoms in total. The average Bonchev–Trinajstić information content (AvgIpc) is 2.10. The maximum absolute atomic E-state index is 5.37. The Morgan fingerprint density at radius 1 is 1.46 bits per heavy atom. The molecule has 1 aromatic rings. The zero-order chi connectivity index (χ0) is 9.68. The Kier molecular flexibility index (Phi) is 3.40. The van der Waals surface area contributed by atoms with E-state index >= 15 is 0 Å². The van der Waals surface area contributed by atoms with Crippen LogP contribution >= 0.6 is 0 Å². The lowest BCUT2D eigenvalue weighted by atomic mass is 10.1. The van der Waals surface area contributed by atoms with Crippen molar-refractivity contribution in [3.8, 4) is 18.1 Å². The van der Waals surface area contributed by atoms with Gasteiger partial charge in [0.25, 0.3) is 0 Å². The number of terminal acetylenes is 1. The summed E-state index contributed by atoms with van der Waals surface area (Å²) in [6.45, 7) is 4.73. The van der Waals surface area contributed by atoms with Crippen LogP contribution in [0.3, 0.4) is 0 Å². The minimum absolute atomic E-state index is 0.693. The molecular weight excluding hydrogens is 160 g/mol. The summed E-state index contributed by atoms with van der Waals surface area (Å²) in [6, 6.07) is 6.01. The van der Waals surface area contributed by atoms with Gasteiger partial charge in [0.15, 0.2) is 0 Å². The Hall–Kier alpha value is -1.42. The van der Waals surface area contributed by atoms with E-state index < -0.39 is 0 Å². The Morgan fingerprint density at radius 2 is 2.23 bits per heavy atom. The number of ether oxygens (including phenoxy) is 1. The van der Waals surface area contributed by atoms with Gasteiger partial charge in [-0.2, -0.15) is 0 Å². The van der Waals surface area contributed by atoms with Crippen LogP contribution in [-0.4, -0.2) is 6.61 Å². The number of aryl methyl sites for hydroxylation is 1. The summed E-state index contributed by atoms with van der Waals surface area (Å²) in [7, 11) is 0. The van der Waals surface area contributed by atoms with Gasteiger partial charge in [0.05, 0.1) is 6.61 Å². The van der Waals surface area contributed by atoms with Crippen molar-refractivity contribution in [2.75, 3.05) is 6.61 Å². The van der Waals surface area contributed by atoms with Crippen LogP contribution in [0.25, 0.3) is 0 Å². The molecule has 0 saturated carbocycles. The maximum Gasteiger partial charge on any atom is 0.119 e. The Bertz CT molecular complexity index is 320. The second-order valence-electron chi connectivity index (χ2n) is 2.90. The summed E-state index contributed by atoms with van der Waals surface area (Å²) in [4.78, 5) is 0. The lowest BCUT2D eigenvalue weighted by Gasteiger charge is -2.06. The molecule has 0 radical (unpaired) electrons. The van der Waals surface area contributed by atoms with E-state index in [9.17, 15) is 0 Å². The van der Waals surface area contributed by atoms with Crippen LogP contribution in [0.5, 0.6) is 5.75 Å². The second-order valence-corrected chi connectivity index (χ2v) is 2.90. The van der Waals surface area contributed by atoms with Crippen molar-refractivity contribution < 1.29 is 4.74 Å². The van der Waals surface area contributed by atoms with Gasteiger partial charge in [-0.15, -0.1) is 12.3 Å². The van der Waals surface area contributed by atoms with Crippen LogP contribution in [0.4, 0.5) is 0 Å². The molecule has 0 saturated heterocycles. The fourth-order valence-corrected chi connectivity index (χ4v) is 1.23. The molecule has 13 heavy (non-hydrogen) atoms. The Labute approximate surface area is 79.7 Å². The van der Waals surface area contributed by atoms with Crippen LogP contribution in [0.1, 0.15) is 18.1 Å². The molecule has 0 aromatic heterocycles. The fourth-order valence-electron chi connectivity index (χ4n) is 1.23. The van der Waals surface area contributed by atoms with Gasteiger partial charge in [-0.05, 0) is 37.1 Å². The van der Waals surface area contributed by atoms with Crippen LogP contribution in [0, 0.1) is 19.3 Å². The quantitative estimate of drug-likeness (QED) is 0.640. The normalized spacial score (nSPS) is 9.31. The average molecular weight is 174 g/mol. The molecule has 1 rings (SSSR count). The molecule has 0 aliphatic heterocycles. The van der Waals surface area contributed by atoms with E-state index in [2.05, 4.69) is 12.8 Å². The van der Waals surface area contributed by atoms with E-state index in [4.69, 9.17) is 11.2 Å². The van der Waals surface area contributed by atoms with Gasteiger partial charge in [-0.25, -0.2) is 0 Å². The predicted octanol–water partition coefficient (Wildman–Crippen LogP) is 2.57. The van der Waals surface area contributed by atoms with E-state index in [0.717, 1.165) is 5.75 Å². The maximum atomic E-state index is 5.37. The molecule has 0 amide bonds. The fraction of sp³-hybridized carbons (Fsp3) is 0.333. The number of benzene rings is 1. The van der Waals surface area contributed by atoms with Crippen LogP contribution in [0.15, 0.2) is 18.2 Å². The van der Waals surface area contributed by atoms with E-state index in [1.807, 2.05) is 25.1 Å². The summed E-state index contributed by atoms with van der Waals surface area (Å²) in [6.07, 6.45) is 5.94. The molecule has 0 N–H and O–H groups in total.